The van der Waals surface area contributed by atoms with Crippen LogP contribution in [0.15, 0.2) is 84.9 Å². The molecule has 2 saturated heterocycles. The minimum absolute atomic E-state index is 0.00128. The van der Waals surface area contributed by atoms with Gasteiger partial charge in [0.2, 0.25) is 11.8 Å². The van der Waals surface area contributed by atoms with Crippen LogP contribution in [-0.2, 0) is 9.59 Å². The fraction of sp³-hybridized carbons (Fsp3) is 0.558. The fourth-order valence-electron chi connectivity index (χ4n) is 9.73. The summed E-state index contributed by atoms with van der Waals surface area (Å²) in [5, 5.41) is 12.5. The van der Waals surface area contributed by atoms with E-state index in [9.17, 15) is 24.0 Å². The van der Waals surface area contributed by atoms with E-state index >= 15 is 0 Å². The molecule has 2 heterocycles. The first kappa shape index (κ1) is 45.8. The first-order chi connectivity index (χ1) is 30.8. The standard InChI is InChI=1S/C52H70N6O5/c1-2-3-4-5-6-7-8-9-10-11-12-19-30-53-52(63)54-41-25-20-31-57(34-41)50(61)39-26-28-40(29-27-39)51(62)58-35-44(48(59)55-46-32-42(46)37-21-15-13-16-22-37)45(36-58)49(60)56-47-33-43(47)38-23-17-14-18-24-38/h13-18,21-24,26-29,41-47H,2-12,19-20,25,30-36H2,1H3,(H,55,59)(H,56,60)(H2,53,54,63)/t41-,42-,43-,44-,45-,46+,47+/m1/s1. The molecule has 3 aromatic carbocycles. The summed E-state index contributed by atoms with van der Waals surface area (Å²) in [5.41, 5.74) is 3.23. The minimum atomic E-state index is -0.683. The Morgan fingerprint density at radius 1 is 0.540 bits per heavy atom. The second kappa shape index (κ2) is 22.9. The highest BCUT2D eigenvalue weighted by Crippen LogP contribution is 2.42. The SMILES string of the molecule is CCCCCCCCCCCCCCNC(=O)N[C@@H]1CCCN(C(=O)c2ccc(C(=O)N3C[C@@H](C(=O)N[C@H]4C[C@@H]4c4ccccc4)[C@H](C(=O)N[C@H]4C[C@@H]4c4ccccc4)C3)cc2)C1. The maximum absolute atomic E-state index is 14.0. The van der Waals surface area contributed by atoms with Gasteiger partial charge in [0, 0.05) is 73.8 Å². The Kier molecular flexibility index (Phi) is 16.7. The number of urea groups is 1. The van der Waals surface area contributed by atoms with E-state index in [-0.39, 0.29) is 72.7 Å². The Bertz CT molecular complexity index is 1880. The van der Waals surface area contributed by atoms with Crippen LogP contribution in [-0.4, -0.2) is 90.3 Å². The van der Waals surface area contributed by atoms with Crippen molar-refractivity contribution in [2.24, 2.45) is 11.8 Å². The Balaban J connectivity index is 0.861. The monoisotopic (exact) mass is 859 g/mol. The summed E-state index contributed by atoms with van der Waals surface area (Å²) in [5.74, 6) is -1.70. The van der Waals surface area contributed by atoms with Crippen LogP contribution in [0.1, 0.15) is 153 Å². The number of carbonyl (C=O) groups is 5. The largest absolute Gasteiger partial charge is 0.352 e. The zero-order valence-corrected chi connectivity index (χ0v) is 37.4. The molecule has 0 spiro atoms. The zero-order chi connectivity index (χ0) is 44.0. The van der Waals surface area contributed by atoms with Gasteiger partial charge in [0.05, 0.1) is 11.8 Å². The summed E-state index contributed by atoms with van der Waals surface area (Å²) in [4.78, 5) is 71.5. The highest BCUT2D eigenvalue weighted by Gasteiger charge is 2.49. The molecule has 0 radical (unpaired) electrons. The maximum atomic E-state index is 14.0. The summed E-state index contributed by atoms with van der Waals surface area (Å²) in [6, 6.07) is 26.6. The molecule has 0 aromatic heterocycles. The third-order valence-corrected chi connectivity index (χ3v) is 13.7. The lowest BCUT2D eigenvalue weighted by Crippen LogP contribution is -2.52. The Labute approximate surface area is 374 Å². The molecule has 4 aliphatic rings. The van der Waals surface area contributed by atoms with Gasteiger partial charge in [-0.15, -0.1) is 0 Å². The van der Waals surface area contributed by atoms with Crippen LogP contribution >= 0.6 is 0 Å². The van der Waals surface area contributed by atoms with E-state index in [1.807, 2.05) is 36.4 Å². The molecule has 4 fully saturated rings. The quantitative estimate of drug-likeness (QED) is 0.0753. The molecule has 0 unspecified atom stereocenters. The van der Waals surface area contributed by atoms with Crippen molar-refractivity contribution in [3.05, 3.63) is 107 Å². The van der Waals surface area contributed by atoms with Crippen molar-refractivity contribution < 1.29 is 24.0 Å². The number of nitrogens with one attached hydrogen (secondary N) is 4. The van der Waals surface area contributed by atoms with Crippen molar-refractivity contribution in [3.8, 4) is 0 Å². The highest BCUT2D eigenvalue weighted by molar-refractivity contribution is 5.99. The topological polar surface area (TPSA) is 140 Å². The molecule has 6 amide bonds. The molecule has 7 atom stereocenters. The van der Waals surface area contributed by atoms with Crippen molar-refractivity contribution in [1.29, 1.82) is 0 Å². The van der Waals surface area contributed by atoms with E-state index in [2.05, 4.69) is 52.5 Å². The predicted molar refractivity (Wildman–Crippen MR) is 247 cm³/mol. The summed E-state index contributed by atoms with van der Waals surface area (Å²) in [7, 11) is 0. The van der Waals surface area contributed by atoms with Gasteiger partial charge >= 0.3 is 6.03 Å². The van der Waals surface area contributed by atoms with Gasteiger partial charge in [-0.1, -0.05) is 138 Å². The lowest BCUT2D eigenvalue weighted by molar-refractivity contribution is -0.133. The number of unbranched alkanes of at least 4 members (excludes halogenated alkanes) is 11. The average molecular weight is 859 g/mol. The predicted octanol–water partition coefficient (Wildman–Crippen LogP) is 8.32. The molecule has 2 aliphatic heterocycles. The van der Waals surface area contributed by atoms with Crippen molar-refractivity contribution in [1.82, 2.24) is 31.1 Å². The zero-order valence-electron chi connectivity index (χ0n) is 37.4. The lowest BCUT2D eigenvalue weighted by Gasteiger charge is -2.33. The van der Waals surface area contributed by atoms with Gasteiger partial charge in [-0.05, 0) is 67.5 Å². The number of likely N-dealkylation sites (tertiary alicyclic amines) is 2. The van der Waals surface area contributed by atoms with E-state index in [1.165, 1.54) is 75.3 Å². The molecule has 3 aromatic rings. The molecule has 2 saturated carbocycles. The first-order valence-electron chi connectivity index (χ1n) is 24.2. The van der Waals surface area contributed by atoms with Crippen LogP contribution < -0.4 is 21.3 Å². The van der Waals surface area contributed by atoms with Crippen LogP contribution in [0, 0.1) is 11.8 Å². The third-order valence-electron chi connectivity index (χ3n) is 13.7. The molecule has 2 aliphatic carbocycles. The molecule has 11 nitrogen and oxygen atoms in total. The summed E-state index contributed by atoms with van der Waals surface area (Å²) in [6.07, 6.45) is 18.6. The number of amides is 6. The van der Waals surface area contributed by atoms with E-state index in [0.29, 0.717) is 30.8 Å². The number of hydrogen-bond acceptors (Lipinski definition) is 5. The van der Waals surface area contributed by atoms with Gasteiger partial charge in [0.1, 0.15) is 0 Å². The number of carbonyl (C=O) groups excluding carboxylic acids is 5. The van der Waals surface area contributed by atoms with Crippen LogP contribution in [0.5, 0.6) is 0 Å². The van der Waals surface area contributed by atoms with Crippen molar-refractivity contribution in [2.45, 2.75) is 140 Å². The van der Waals surface area contributed by atoms with E-state index in [4.69, 9.17) is 0 Å². The maximum Gasteiger partial charge on any atom is 0.315 e. The third kappa shape index (κ3) is 13.2. The Hall–Kier alpha value is -5.19. The van der Waals surface area contributed by atoms with Gasteiger partial charge in [-0.3, -0.25) is 19.2 Å². The van der Waals surface area contributed by atoms with Crippen LogP contribution in [0.4, 0.5) is 4.79 Å². The van der Waals surface area contributed by atoms with Crippen molar-refractivity contribution in [3.63, 3.8) is 0 Å². The van der Waals surface area contributed by atoms with Gasteiger partial charge < -0.3 is 31.1 Å². The number of nitrogens with zero attached hydrogens (tertiary/aromatic N) is 2. The lowest BCUT2D eigenvalue weighted by atomic mass is 9.94. The summed E-state index contributed by atoms with van der Waals surface area (Å²) in [6.45, 7) is 4.19. The second-order valence-electron chi connectivity index (χ2n) is 18.6. The molecular weight excluding hydrogens is 789 g/mol. The number of rotatable bonds is 22. The molecular formula is C52H70N6O5. The number of hydrogen-bond donors (Lipinski definition) is 4. The minimum Gasteiger partial charge on any atom is -0.352 e. The van der Waals surface area contributed by atoms with Gasteiger partial charge in [-0.25, -0.2) is 4.79 Å². The highest BCUT2D eigenvalue weighted by atomic mass is 16.2. The second-order valence-corrected chi connectivity index (χ2v) is 18.6. The molecule has 63 heavy (non-hydrogen) atoms. The normalized spacial score (nSPS) is 23.7. The summed E-state index contributed by atoms with van der Waals surface area (Å²) < 4.78 is 0. The van der Waals surface area contributed by atoms with Crippen molar-refractivity contribution >= 4 is 29.7 Å². The fourth-order valence-corrected chi connectivity index (χ4v) is 9.73. The molecule has 0 bridgehead atoms. The molecule has 11 heteroatoms. The van der Waals surface area contributed by atoms with E-state index in [0.717, 1.165) is 38.5 Å². The first-order valence-corrected chi connectivity index (χ1v) is 24.2. The smallest absolute Gasteiger partial charge is 0.315 e. The van der Waals surface area contributed by atoms with E-state index < -0.39 is 11.8 Å². The number of piperidine rings is 1. The van der Waals surface area contributed by atoms with E-state index in [1.54, 1.807) is 34.1 Å². The Morgan fingerprint density at radius 2 is 1.00 bits per heavy atom. The Morgan fingerprint density at radius 3 is 1.49 bits per heavy atom. The van der Waals surface area contributed by atoms with Gasteiger partial charge in [0.25, 0.3) is 11.8 Å². The van der Waals surface area contributed by atoms with Crippen LogP contribution in [0.25, 0.3) is 0 Å². The summed E-state index contributed by atoms with van der Waals surface area (Å²) >= 11 is 0. The van der Waals surface area contributed by atoms with Crippen molar-refractivity contribution in [2.75, 3.05) is 32.7 Å². The van der Waals surface area contributed by atoms with Gasteiger partial charge in [0.15, 0.2) is 0 Å². The van der Waals surface area contributed by atoms with Crippen LogP contribution in [0.3, 0.4) is 0 Å². The molecule has 4 N–H and O–H groups in total. The number of benzene rings is 3. The molecule has 7 rings (SSSR count). The average Bonchev–Trinajstić information content (AvgIpc) is 4.22. The molecule has 338 valence electrons. The van der Waals surface area contributed by atoms with Gasteiger partial charge in [-0.2, -0.15) is 0 Å². The van der Waals surface area contributed by atoms with Crippen LogP contribution in [0.2, 0.25) is 0 Å².